The lowest BCUT2D eigenvalue weighted by atomic mass is 9.90. The number of hydrogen-bond acceptors (Lipinski definition) is 8. The van der Waals surface area contributed by atoms with Gasteiger partial charge in [0, 0.05) is 36.4 Å². The minimum Gasteiger partial charge on any atom is -0.373 e. The van der Waals surface area contributed by atoms with Gasteiger partial charge in [-0.1, -0.05) is 24.3 Å². The molecular formula is C33H35N11O3. The van der Waals surface area contributed by atoms with Crippen molar-refractivity contribution in [2.24, 2.45) is 11.8 Å². The molecule has 2 aliphatic rings. The Kier molecular flexibility index (Phi) is 7.50. The first kappa shape index (κ1) is 29.1. The number of likely N-dealkylation sites (tertiary alicyclic amines) is 1. The Morgan fingerprint density at radius 1 is 0.809 bits per heavy atom. The van der Waals surface area contributed by atoms with Crippen LogP contribution in [0.15, 0.2) is 54.9 Å². The number of H-pyrrole nitrogens is 4. The highest BCUT2D eigenvalue weighted by Crippen LogP contribution is 2.37. The molecule has 14 nitrogen and oxygen atoms in total. The second-order valence-electron chi connectivity index (χ2n) is 12.4. The number of nitrogens with zero attached hydrogens (tertiary/aromatic N) is 5. The lowest BCUT2D eigenvalue weighted by molar-refractivity contribution is -0.125. The van der Waals surface area contributed by atoms with Crippen LogP contribution in [0.1, 0.15) is 37.4 Å². The van der Waals surface area contributed by atoms with Crippen LogP contribution in [-0.2, 0) is 14.3 Å². The van der Waals surface area contributed by atoms with Crippen molar-refractivity contribution in [1.82, 2.24) is 45.2 Å². The highest BCUT2D eigenvalue weighted by Gasteiger charge is 2.32. The number of benzene rings is 2. The van der Waals surface area contributed by atoms with Crippen molar-refractivity contribution >= 4 is 45.3 Å². The minimum absolute atomic E-state index is 0.00222. The summed E-state index contributed by atoms with van der Waals surface area (Å²) < 4.78 is 6.22. The Bertz CT molecular complexity index is 2030. The Morgan fingerprint density at radius 2 is 1.47 bits per heavy atom. The summed E-state index contributed by atoms with van der Waals surface area (Å²) in [6.07, 6.45) is 5.78. The summed E-state index contributed by atoms with van der Waals surface area (Å²) in [5.74, 6) is 0.702. The molecule has 240 valence electrons. The lowest BCUT2D eigenvalue weighted by Gasteiger charge is -2.29. The average molecular weight is 634 g/mol. The predicted octanol–water partition coefficient (Wildman–Crippen LogP) is 4.61. The van der Waals surface area contributed by atoms with Gasteiger partial charge >= 0.3 is 0 Å². The zero-order valence-corrected chi connectivity index (χ0v) is 25.8. The maximum absolute atomic E-state index is 13.6. The number of hydrogen-bond donors (Lipinski definition) is 6. The molecule has 2 amide bonds. The second kappa shape index (κ2) is 12.1. The summed E-state index contributed by atoms with van der Waals surface area (Å²) in [4.78, 5) is 45.0. The maximum Gasteiger partial charge on any atom is 0.227 e. The molecule has 0 bridgehead atoms. The predicted molar refractivity (Wildman–Crippen MR) is 176 cm³/mol. The molecule has 2 aliphatic heterocycles. The molecule has 8 rings (SSSR count). The van der Waals surface area contributed by atoms with Gasteiger partial charge in [0.25, 0.3) is 0 Å². The molecule has 0 aliphatic carbocycles. The highest BCUT2D eigenvalue weighted by atomic mass is 16.5. The molecule has 14 heteroatoms. The zero-order chi connectivity index (χ0) is 31.9. The Morgan fingerprint density at radius 3 is 2.21 bits per heavy atom. The molecule has 2 atom stereocenters. The quantitative estimate of drug-likeness (QED) is 0.147. The van der Waals surface area contributed by atoms with Crippen molar-refractivity contribution in [3.8, 4) is 23.0 Å². The van der Waals surface area contributed by atoms with Crippen LogP contribution in [0.4, 0.5) is 11.4 Å². The number of ether oxygens (including phenoxy) is 1. The molecular weight excluding hydrogens is 598 g/mol. The van der Waals surface area contributed by atoms with E-state index < -0.39 is 0 Å². The van der Waals surface area contributed by atoms with Gasteiger partial charge < -0.3 is 30.2 Å². The number of rotatable bonds is 7. The fourth-order valence-electron chi connectivity index (χ4n) is 6.62. The molecule has 2 fully saturated rings. The van der Waals surface area contributed by atoms with E-state index >= 15 is 0 Å². The zero-order valence-electron chi connectivity index (χ0n) is 25.8. The highest BCUT2D eigenvalue weighted by molar-refractivity contribution is 5.97. The summed E-state index contributed by atoms with van der Waals surface area (Å²) in [5, 5.41) is 20.6. The van der Waals surface area contributed by atoms with Crippen molar-refractivity contribution in [1.29, 1.82) is 0 Å². The third-order valence-corrected chi connectivity index (χ3v) is 9.28. The van der Waals surface area contributed by atoms with E-state index in [1.165, 1.54) is 0 Å². The second-order valence-corrected chi connectivity index (χ2v) is 12.4. The van der Waals surface area contributed by atoms with Gasteiger partial charge in [0.15, 0.2) is 23.0 Å². The molecule has 2 saturated heterocycles. The number of carbonyl (C=O) groups is 2. The molecule has 4 aromatic heterocycles. The SMILES string of the molecule is CN1CCC(C(=O)Nc2c[nH]nc2-c2nc3cccc(C4CC(C(=O)Nc5c[nH]nc5-c5nc6ccccc6[nH]5)CCO4)c3[nH]2)CC1. The number of imidazole rings is 2. The first-order valence-corrected chi connectivity index (χ1v) is 15.9. The smallest absolute Gasteiger partial charge is 0.227 e. The van der Waals surface area contributed by atoms with Crippen LogP contribution in [0.2, 0.25) is 0 Å². The molecule has 47 heavy (non-hydrogen) atoms. The summed E-state index contributed by atoms with van der Waals surface area (Å²) in [6, 6.07) is 13.6. The monoisotopic (exact) mass is 633 g/mol. The molecule has 6 heterocycles. The fraction of sp³-hybridized carbons (Fsp3) is 0.333. The van der Waals surface area contributed by atoms with Gasteiger partial charge in [0.1, 0.15) is 0 Å². The van der Waals surface area contributed by atoms with Crippen molar-refractivity contribution in [2.45, 2.75) is 31.8 Å². The van der Waals surface area contributed by atoms with E-state index in [0.717, 1.165) is 53.6 Å². The largest absolute Gasteiger partial charge is 0.373 e. The molecule has 0 spiro atoms. The number of carbonyl (C=O) groups excluding carboxylic acids is 2. The number of amides is 2. The molecule has 0 saturated carbocycles. The standard InChI is InChI=1S/C33H35N11O3/c1-44-12-9-18(10-13-44)32(45)39-25-17-35-43-29(25)31-38-23-8-4-5-20(27(23)41-31)26-15-19(11-14-47-26)33(46)40-24-16-34-42-28(24)30-36-21-6-2-3-7-22(21)37-30/h2-8,16-19,26H,9-15H2,1H3,(H,34,42)(H,35,43)(H,36,37)(H,38,41)(H,39,45)(H,40,46). The number of aromatic nitrogens is 8. The third kappa shape index (κ3) is 5.66. The van der Waals surface area contributed by atoms with Crippen LogP contribution in [-0.4, -0.2) is 83.8 Å². The van der Waals surface area contributed by atoms with Crippen LogP contribution < -0.4 is 10.6 Å². The van der Waals surface area contributed by atoms with Gasteiger partial charge in [-0.3, -0.25) is 19.8 Å². The van der Waals surface area contributed by atoms with Crippen molar-refractivity contribution in [2.75, 3.05) is 37.4 Å². The van der Waals surface area contributed by atoms with Crippen LogP contribution in [0.5, 0.6) is 0 Å². The van der Waals surface area contributed by atoms with Crippen LogP contribution in [0.3, 0.4) is 0 Å². The van der Waals surface area contributed by atoms with E-state index in [0.29, 0.717) is 53.9 Å². The summed E-state index contributed by atoms with van der Waals surface area (Å²) >= 11 is 0. The summed E-state index contributed by atoms with van der Waals surface area (Å²) in [5.41, 5.74) is 6.43. The Labute approximate surface area is 269 Å². The van der Waals surface area contributed by atoms with Crippen molar-refractivity contribution < 1.29 is 14.3 Å². The normalized spacial score (nSPS) is 19.3. The molecule has 2 aromatic carbocycles. The number of nitrogens with one attached hydrogen (secondary N) is 6. The van der Waals surface area contributed by atoms with Gasteiger partial charge in [-0.25, -0.2) is 9.97 Å². The Hall–Kier alpha value is -5.34. The summed E-state index contributed by atoms with van der Waals surface area (Å²) in [7, 11) is 2.08. The van der Waals surface area contributed by atoms with Crippen LogP contribution in [0.25, 0.3) is 45.1 Å². The molecule has 6 aromatic rings. The maximum atomic E-state index is 13.6. The van der Waals surface area contributed by atoms with Gasteiger partial charge in [-0.05, 0) is 64.0 Å². The van der Waals surface area contributed by atoms with E-state index in [1.54, 1.807) is 12.4 Å². The van der Waals surface area contributed by atoms with Crippen LogP contribution in [0, 0.1) is 11.8 Å². The average Bonchev–Trinajstić information content (AvgIpc) is 3.90. The van der Waals surface area contributed by atoms with Crippen molar-refractivity contribution in [3.63, 3.8) is 0 Å². The summed E-state index contributed by atoms with van der Waals surface area (Å²) in [6.45, 7) is 2.25. The number of para-hydroxylation sites is 3. The fourth-order valence-corrected chi connectivity index (χ4v) is 6.62. The molecule has 6 N–H and O–H groups in total. The van der Waals surface area contributed by atoms with E-state index in [1.807, 2.05) is 42.5 Å². The minimum atomic E-state index is -0.321. The van der Waals surface area contributed by atoms with Crippen molar-refractivity contribution in [3.05, 3.63) is 60.4 Å². The van der Waals surface area contributed by atoms with E-state index in [4.69, 9.17) is 9.72 Å². The van der Waals surface area contributed by atoms with Gasteiger partial charge in [0.05, 0.1) is 39.5 Å². The van der Waals surface area contributed by atoms with E-state index in [9.17, 15) is 9.59 Å². The van der Waals surface area contributed by atoms with Gasteiger partial charge in [-0.15, -0.1) is 0 Å². The van der Waals surface area contributed by atoms with E-state index in [-0.39, 0.29) is 29.8 Å². The number of fused-ring (bicyclic) bond motifs is 2. The number of piperidine rings is 1. The third-order valence-electron chi connectivity index (χ3n) is 9.28. The first-order chi connectivity index (χ1) is 23.0. The van der Waals surface area contributed by atoms with Gasteiger partial charge in [0.2, 0.25) is 11.8 Å². The lowest BCUT2D eigenvalue weighted by Crippen LogP contribution is -2.35. The van der Waals surface area contributed by atoms with Gasteiger partial charge in [-0.2, -0.15) is 10.2 Å². The topological polar surface area (TPSA) is 185 Å². The molecule has 2 unspecified atom stereocenters. The van der Waals surface area contributed by atoms with E-state index in [2.05, 4.69) is 57.9 Å². The number of anilines is 2. The number of aromatic amines is 4. The van der Waals surface area contributed by atoms with Crippen LogP contribution >= 0.6 is 0 Å². The Balaban J connectivity index is 0.987. The first-order valence-electron chi connectivity index (χ1n) is 15.9. The molecule has 0 radical (unpaired) electrons.